The van der Waals surface area contributed by atoms with Crippen LogP contribution in [0.3, 0.4) is 0 Å². The van der Waals surface area contributed by atoms with Crippen LogP contribution >= 0.6 is 0 Å². The summed E-state index contributed by atoms with van der Waals surface area (Å²) in [5.41, 5.74) is 0.126. The van der Waals surface area contributed by atoms with Crippen molar-refractivity contribution in [3.63, 3.8) is 0 Å². The Morgan fingerprint density at radius 3 is 2.53 bits per heavy atom. The molecule has 1 aromatic carbocycles. The number of carbonyl (C=O) groups excluding carboxylic acids is 1. The second-order valence-electron chi connectivity index (χ2n) is 7.29. The number of nitrogens with zero attached hydrogens (tertiary/aromatic N) is 4. The molecule has 1 aliphatic heterocycles. The molecule has 1 saturated heterocycles. The zero-order valence-corrected chi connectivity index (χ0v) is 16.8. The van der Waals surface area contributed by atoms with Crippen molar-refractivity contribution in [3.05, 3.63) is 35.2 Å². The Hall–Kier alpha value is -3.65. The van der Waals surface area contributed by atoms with E-state index in [2.05, 4.69) is 10.3 Å². The molecule has 2 heterocycles. The normalized spacial score (nSPS) is 13.5. The molecule has 32 heavy (non-hydrogen) atoms. The number of hydrogen-bond acceptors (Lipinski definition) is 9. The number of aromatic carboxylic acids is 1. The maximum Gasteiger partial charge on any atom is 0.451 e. The average molecular weight is 448 g/mol. The first-order valence-corrected chi connectivity index (χ1v) is 9.63. The molecule has 0 spiro atoms. The third-order valence-electron chi connectivity index (χ3n) is 4.82. The quantitative estimate of drug-likeness (QED) is 0.269. The molecule has 1 amide bonds. The third kappa shape index (κ3) is 5.53. The summed E-state index contributed by atoms with van der Waals surface area (Å²) < 4.78 is 6.76. The van der Waals surface area contributed by atoms with Gasteiger partial charge in [-0.2, -0.15) is 0 Å². The molecular weight excluding hydrogens is 427 g/mol. The fraction of sp³-hybridized carbons (Fsp3) is 0.389. The van der Waals surface area contributed by atoms with E-state index in [9.17, 15) is 24.6 Å². The van der Waals surface area contributed by atoms with Crippen molar-refractivity contribution >= 4 is 25.0 Å². The highest BCUT2D eigenvalue weighted by atomic mass is 16.5. The van der Waals surface area contributed by atoms with Crippen LogP contribution in [0.1, 0.15) is 21.6 Å². The van der Waals surface area contributed by atoms with Crippen molar-refractivity contribution < 1.29 is 44.5 Å². The second kappa shape index (κ2) is 9.66. The summed E-state index contributed by atoms with van der Waals surface area (Å²) in [6, 6.07) is 2.83. The first-order valence-electron chi connectivity index (χ1n) is 9.63. The van der Waals surface area contributed by atoms with Crippen LogP contribution in [0.4, 0.5) is 0 Å². The Morgan fingerprint density at radius 2 is 1.91 bits per heavy atom. The van der Waals surface area contributed by atoms with Gasteiger partial charge < -0.3 is 35.0 Å². The van der Waals surface area contributed by atoms with Gasteiger partial charge in [0.1, 0.15) is 29.7 Å². The number of likely N-dealkylation sites (tertiary alicyclic amines) is 1. The van der Waals surface area contributed by atoms with Crippen molar-refractivity contribution in [2.24, 2.45) is 0 Å². The summed E-state index contributed by atoms with van der Waals surface area (Å²) in [6.45, 7) is 0.0275. The molecule has 0 bridgehead atoms. The molecule has 2 aromatic rings. The minimum atomic E-state index is -1.58. The molecule has 5 N–H and O–H groups in total. The van der Waals surface area contributed by atoms with E-state index in [1.165, 1.54) is 23.2 Å². The standard InChI is InChI=1S/C18H21BN4O9/c24-14(5-11-6-23(21-20-11)9-15(25)26)22-7-12(8-22)32-13-2-1-10(3-4-19(30)31)17(27)16(13)18(28)29/h1-2,6,12,27,30-31H,3-5,7-9H2,(H,25,26)(H,28,29). The predicted molar refractivity (Wildman–Crippen MR) is 106 cm³/mol. The number of ether oxygens (including phenoxy) is 1. The summed E-state index contributed by atoms with van der Waals surface area (Å²) >= 11 is 0. The number of aromatic nitrogens is 3. The topological polar surface area (TPSA) is 196 Å². The maximum atomic E-state index is 12.3. The largest absolute Gasteiger partial charge is 0.507 e. The van der Waals surface area contributed by atoms with Gasteiger partial charge in [-0.05, 0) is 24.4 Å². The first-order chi connectivity index (χ1) is 15.1. The monoisotopic (exact) mass is 448 g/mol. The molecule has 0 radical (unpaired) electrons. The number of rotatable bonds is 10. The van der Waals surface area contributed by atoms with Gasteiger partial charge in [0.2, 0.25) is 5.91 Å². The summed E-state index contributed by atoms with van der Waals surface area (Å²) in [7, 11) is -1.58. The minimum absolute atomic E-state index is 0.0583. The molecule has 14 heteroatoms. The Bertz CT molecular complexity index is 1020. The zero-order chi connectivity index (χ0) is 23.4. The van der Waals surface area contributed by atoms with Gasteiger partial charge in [0, 0.05) is 6.20 Å². The van der Waals surface area contributed by atoms with Gasteiger partial charge in [0.05, 0.1) is 25.2 Å². The number of carbonyl (C=O) groups is 3. The highest BCUT2D eigenvalue weighted by molar-refractivity contribution is 6.41. The van der Waals surface area contributed by atoms with Crippen LogP contribution in [0.2, 0.25) is 6.32 Å². The summed E-state index contributed by atoms with van der Waals surface area (Å²) in [6.07, 6.45) is 0.811. The van der Waals surface area contributed by atoms with Gasteiger partial charge in [-0.3, -0.25) is 9.59 Å². The predicted octanol–water partition coefficient (Wildman–Crippen LogP) is -1.39. The second-order valence-corrected chi connectivity index (χ2v) is 7.29. The van der Waals surface area contributed by atoms with Gasteiger partial charge >= 0.3 is 19.1 Å². The lowest BCUT2D eigenvalue weighted by Gasteiger charge is -2.39. The number of aromatic hydroxyl groups is 1. The molecule has 0 aliphatic carbocycles. The third-order valence-corrected chi connectivity index (χ3v) is 4.82. The average Bonchev–Trinajstić information content (AvgIpc) is 3.08. The Labute approximate surface area is 181 Å². The molecular formula is C18H21BN4O9. The van der Waals surface area contributed by atoms with Crippen molar-refractivity contribution in [1.82, 2.24) is 19.9 Å². The lowest BCUT2D eigenvalue weighted by Crippen LogP contribution is -2.56. The van der Waals surface area contributed by atoms with E-state index in [1.54, 1.807) is 0 Å². The number of hydrogen-bond donors (Lipinski definition) is 5. The molecule has 0 atom stereocenters. The molecule has 0 saturated carbocycles. The van der Waals surface area contributed by atoms with Crippen LogP contribution in [0.25, 0.3) is 0 Å². The lowest BCUT2D eigenvalue weighted by molar-refractivity contribution is -0.139. The fourth-order valence-electron chi connectivity index (χ4n) is 3.21. The van der Waals surface area contributed by atoms with E-state index in [4.69, 9.17) is 19.9 Å². The molecule has 1 aliphatic rings. The Kier molecular flexibility index (Phi) is 6.95. The number of benzene rings is 1. The van der Waals surface area contributed by atoms with E-state index in [0.717, 1.165) is 4.68 Å². The van der Waals surface area contributed by atoms with E-state index in [-0.39, 0.29) is 56.0 Å². The van der Waals surface area contributed by atoms with Crippen molar-refractivity contribution in [3.8, 4) is 11.5 Å². The van der Waals surface area contributed by atoms with E-state index in [1.807, 2.05) is 0 Å². The number of carboxylic acid groups (broad SMARTS) is 2. The van der Waals surface area contributed by atoms with Crippen LogP contribution in [0, 0.1) is 0 Å². The van der Waals surface area contributed by atoms with Gasteiger partial charge in [-0.25, -0.2) is 9.48 Å². The minimum Gasteiger partial charge on any atom is -0.507 e. The van der Waals surface area contributed by atoms with Gasteiger partial charge in [0.25, 0.3) is 0 Å². The Morgan fingerprint density at radius 1 is 1.19 bits per heavy atom. The molecule has 13 nitrogen and oxygen atoms in total. The number of phenols is 1. The summed E-state index contributed by atoms with van der Waals surface area (Å²) in [5, 5.41) is 53.8. The van der Waals surface area contributed by atoms with Crippen molar-refractivity contribution in [1.29, 1.82) is 0 Å². The number of aryl methyl sites for hydroxylation is 1. The number of amides is 1. The van der Waals surface area contributed by atoms with Crippen LogP contribution in [0.15, 0.2) is 18.3 Å². The highest BCUT2D eigenvalue weighted by Crippen LogP contribution is 2.34. The number of aliphatic carboxylic acids is 1. The molecule has 3 rings (SSSR count). The van der Waals surface area contributed by atoms with E-state index in [0.29, 0.717) is 5.69 Å². The summed E-state index contributed by atoms with van der Waals surface area (Å²) in [4.78, 5) is 36.1. The summed E-state index contributed by atoms with van der Waals surface area (Å²) in [5.74, 6) is -3.32. The van der Waals surface area contributed by atoms with Crippen LogP contribution in [0.5, 0.6) is 11.5 Å². The number of carboxylic acids is 2. The molecule has 1 aromatic heterocycles. The zero-order valence-electron chi connectivity index (χ0n) is 16.8. The van der Waals surface area contributed by atoms with E-state index < -0.39 is 36.5 Å². The van der Waals surface area contributed by atoms with Crippen LogP contribution in [-0.2, 0) is 29.0 Å². The van der Waals surface area contributed by atoms with Gasteiger partial charge in [-0.1, -0.05) is 11.3 Å². The molecule has 1 fully saturated rings. The van der Waals surface area contributed by atoms with Crippen LogP contribution in [-0.4, -0.2) is 89.4 Å². The highest BCUT2D eigenvalue weighted by Gasteiger charge is 2.34. The lowest BCUT2D eigenvalue weighted by atomic mass is 9.82. The van der Waals surface area contributed by atoms with Crippen molar-refractivity contribution in [2.75, 3.05) is 13.1 Å². The van der Waals surface area contributed by atoms with Gasteiger partial charge in [-0.15, -0.1) is 5.10 Å². The van der Waals surface area contributed by atoms with Gasteiger partial charge in [0.15, 0.2) is 0 Å². The molecule has 170 valence electrons. The van der Waals surface area contributed by atoms with E-state index >= 15 is 0 Å². The molecule has 0 unspecified atom stereocenters. The SMILES string of the molecule is O=C(O)Cn1cc(CC(=O)N2CC(Oc3ccc(CCB(O)O)c(O)c3C(=O)O)C2)nn1. The first kappa shape index (κ1) is 23.0. The van der Waals surface area contributed by atoms with Crippen molar-refractivity contribution in [2.45, 2.75) is 31.8 Å². The fourth-order valence-corrected chi connectivity index (χ4v) is 3.21. The smallest absolute Gasteiger partial charge is 0.451 e. The Balaban J connectivity index is 1.57. The maximum absolute atomic E-state index is 12.3. The van der Waals surface area contributed by atoms with Crippen LogP contribution < -0.4 is 4.74 Å².